The summed E-state index contributed by atoms with van der Waals surface area (Å²) in [6.45, 7) is 4.08. The Hall–Kier alpha value is -1.92. The van der Waals surface area contributed by atoms with Crippen molar-refractivity contribution >= 4 is 41.0 Å². The minimum Gasteiger partial charge on any atom is -0.294 e. The van der Waals surface area contributed by atoms with E-state index in [1.165, 1.54) is 18.0 Å². The zero-order chi connectivity index (χ0) is 18.0. The minimum absolute atomic E-state index is 0.0578. The van der Waals surface area contributed by atoms with Crippen LogP contribution < -0.4 is 5.32 Å². The fourth-order valence-corrected chi connectivity index (χ4v) is 3.56. The molecule has 0 aliphatic heterocycles. The molecule has 0 atom stereocenters. The molecule has 0 bridgehead atoms. The van der Waals surface area contributed by atoms with Gasteiger partial charge in [-0.1, -0.05) is 25.4 Å². The first-order valence-electron chi connectivity index (χ1n) is 7.90. The molecule has 1 aromatic heterocycles. The van der Waals surface area contributed by atoms with E-state index in [4.69, 9.17) is 11.6 Å². The summed E-state index contributed by atoms with van der Waals surface area (Å²) >= 11 is 7.25. The van der Waals surface area contributed by atoms with Crippen LogP contribution in [0, 0.1) is 5.41 Å². The normalized spacial score (nSPS) is 15.6. The molecule has 1 aliphatic carbocycles. The van der Waals surface area contributed by atoms with Crippen LogP contribution in [-0.4, -0.2) is 27.4 Å². The number of nitrogens with zero attached hydrogens (tertiary/aromatic N) is 2. The molecule has 1 amide bonds. The minimum atomic E-state index is -0.193. The number of carbonyl (C=O) groups is 2. The number of hydrogen-bond acceptors (Lipinski definition) is 5. The fourth-order valence-electron chi connectivity index (χ4n) is 2.73. The first kappa shape index (κ1) is 17.9. The number of anilines is 1. The molecule has 0 radical (unpaired) electrons. The van der Waals surface area contributed by atoms with Crippen molar-refractivity contribution in [3.05, 3.63) is 46.7 Å². The van der Waals surface area contributed by atoms with Crippen molar-refractivity contribution in [2.45, 2.75) is 31.6 Å². The number of ketones is 1. The molecule has 25 heavy (non-hydrogen) atoms. The van der Waals surface area contributed by atoms with Crippen LogP contribution in [0.1, 0.15) is 36.3 Å². The molecule has 2 aromatic rings. The zero-order valence-electron chi connectivity index (χ0n) is 14.0. The molecule has 5 nitrogen and oxygen atoms in total. The molecular weight excluding hydrogens is 358 g/mol. The van der Waals surface area contributed by atoms with Crippen molar-refractivity contribution in [2.24, 2.45) is 5.41 Å². The third-order valence-electron chi connectivity index (χ3n) is 3.89. The van der Waals surface area contributed by atoms with E-state index in [0.717, 1.165) is 4.90 Å². The van der Waals surface area contributed by atoms with Gasteiger partial charge in [0.1, 0.15) is 0 Å². The number of carbonyl (C=O) groups excluding carboxylic acids is 2. The maximum Gasteiger partial charge on any atom is 0.237 e. The molecule has 7 heteroatoms. The Morgan fingerprint density at radius 2 is 2.00 bits per heavy atom. The third kappa shape index (κ3) is 4.58. The van der Waals surface area contributed by atoms with Gasteiger partial charge in [0.05, 0.1) is 17.0 Å². The summed E-state index contributed by atoms with van der Waals surface area (Å²) < 4.78 is 0. The van der Waals surface area contributed by atoms with Crippen LogP contribution in [0.4, 0.5) is 5.95 Å². The topological polar surface area (TPSA) is 72.0 Å². The van der Waals surface area contributed by atoms with Gasteiger partial charge in [0.25, 0.3) is 0 Å². The Kier molecular flexibility index (Phi) is 5.11. The van der Waals surface area contributed by atoms with Gasteiger partial charge in [0.15, 0.2) is 5.78 Å². The van der Waals surface area contributed by atoms with Gasteiger partial charge >= 0.3 is 0 Å². The Balaban J connectivity index is 1.64. The van der Waals surface area contributed by atoms with E-state index in [1.807, 2.05) is 26.0 Å². The number of fused-ring (bicyclic) bond motifs is 1. The highest BCUT2D eigenvalue weighted by Gasteiger charge is 2.32. The number of halogens is 1. The summed E-state index contributed by atoms with van der Waals surface area (Å²) in [5, 5.41) is 3.36. The number of Topliss-reactive ketones (excluding diaryl/α,β-unsaturated/α-hetero) is 1. The van der Waals surface area contributed by atoms with Gasteiger partial charge in [0, 0.05) is 22.5 Å². The number of hydrogen-bond donors (Lipinski definition) is 1. The van der Waals surface area contributed by atoms with Gasteiger partial charge in [-0.3, -0.25) is 14.9 Å². The average molecular weight is 376 g/mol. The zero-order valence-corrected chi connectivity index (χ0v) is 15.6. The smallest absolute Gasteiger partial charge is 0.237 e. The number of amides is 1. The molecule has 1 aliphatic rings. The SMILES string of the molecule is CC1(C)CC(=O)c2cnc(NC(=O)CSc3ccc(Cl)cc3)nc2C1. The molecule has 130 valence electrons. The number of aromatic nitrogens is 2. The first-order chi connectivity index (χ1) is 11.8. The summed E-state index contributed by atoms with van der Waals surface area (Å²) in [7, 11) is 0. The van der Waals surface area contributed by atoms with Crippen LogP contribution in [0.5, 0.6) is 0 Å². The van der Waals surface area contributed by atoms with Crippen molar-refractivity contribution in [2.75, 3.05) is 11.1 Å². The van der Waals surface area contributed by atoms with E-state index in [0.29, 0.717) is 29.1 Å². The molecule has 3 rings (SSSR count). The highest BCUT2D eigenvalue weighted by molar-refractivity contribution is 8.00. The highest BCUT2D eigenvalue weighted by Crippen LogP contribution is 2.33. The molecule has 0 saturated carbocycles. The number of rotatable bonds is 4. The largest absolute Gasteiger partial charge is 0.294 e. The average Bonchev–Trinajstić information content (AvgIpc) is 2.53. The second-order valence-electron chi connectivity index (χ2n) is 6.79. The molecular formula is C18H18ClN3O2S. The van der Waals surface area contributed by atoms with Gasteiger partial charge in [-0.05, 0) is 36.1 Å². The van der Waals surface area contributed by atoms with E-state index in [2.05, 4.69) is 15.3 Å². The second-order valence-corrected chi connectivity index (χ2v) is 8.27. The lowest BCUT2D eigenvalue weighted by Crippen LogP contribution is -2.28. The second kappa shape index (κ2) is 7.14. The molecule has 0 unspecified atom stereocenters. The maximum atomic E-state index is 12.1. The summed E-state index contributed by atoms with van der Waals surface area (Å²) in [4.78, 5) is 33.7. The van der Waals surface area contributed by atoms with Crippen LogP contribution in [0.15, 0.2) is 35.4 Å². The number of thioether (sulfide) groups is 1. The maximum absolute atomic E-state index is 12.1. The molecule has 0 spiro atoms. The molecule has 0 fully saturated rings. The van der Waals surface area contributed by atoms with Crippen LogP contribution in [0.3, 0.4) is 0 Å². The van der Waals surface area contributed by atoms with Gasteiger partial charge in [0.2, 0.25) is 11.9 Å². The Morgan fingerprint density at radius 1 is 1.28 bits per heavy atom. The summed E-state index contributed by atoms with van der Waals surface area (Å²) in [5.74, 6) is 0.349. The number of nitrogens with one attached hydrogen (secondary N) is 1. The molecule has 0 saturated heterocycles. The standard InChI is InChI=1S/C18H18ClN3O2S/c1-18(2)7-14-13(15(23)8-18)9-20-17(21-14)22-16(24)10-25-12-5-3-11(19)4-6-12/h3-6,9H,7-8,10H2,1-2H3,(H,20,21,22,24). The van der Waals surface area contributed by atoms with Crippen LogP contribution in [0.2, 0.25) is 5.02 Å². The summed E-state index contributed by atoms with van der Waals surface area (Å²) in [6, 6.07) is 7.30. The first-order valence-corrected chi connectivity index (χ1v) is 9.26. The highest BCUT2D eigenvalue weighted by atomic mass is 35.5. The van der Waals surface area contributed by atoms with Crippen molar-refractivity contribution in [1.29, 1.82) is 0 Å². The molecule has 1 N–H and O–H groups in total. The predicted octanol–water partition coefficient (Wildman–Crippen LogP) is 4.02. The van der Waals surface area contributed by atoms with Gasteiger partial charge in [-0.25, -0.2) is 9.97 Å². The number of benzene rings is 1. The van der Waals surface area contributed by atoms with E-state index < -0.39 is 0 Å². The molecule has 1 heterocycles. The lowest BCUT2D eigenvalue weighted by molar-refractivity contribution is -0.113. The lowest BCUT2D eigenvalue weighted by atomic mass is 9.76. The van der Waals surface area contributed by atoms with Crippen molar-refractivity contribution in [1.82, 2.24) is 9.97 Å². The van der Waals surface area contributed by atoms with Crippen LogP contribution in [-0.2, 0) is 11.2 Å². The van der Waals surface area contributed by atoms with Crippen molar-refractivity contribution in [3.63, 3.8) is 0 Å². The summed E-state index contributed by atoms with van der Waals surface area (Å²) in [6.07, 6.45) is 2.70. The fraction of sp³-hybridized carbons (Fsp3) is 0.333. The van der Waals surface area contributed by atoms with Gasteiger partial charge < -0.3 is 0 Å². The monoisotopic (exact) mass is 375 g/mol. The quantitative estimate of drug-likeness (QED) is 0.817. The Labute approximate surface area is 155 Å². The van der Waals surface area contributed by atoms with E-state index >= 15 is 0 Å². The van der Waals surface area contributed by atoms with Crippen molar-refractivity contribution in [3.8, 4) is 0 Å². The Morgan fingerprint density at radius 3 is 2.72 bits per heavy atom. The van der Waals surface area contributed by atoms with E-state index in [-0.39, 0.29) is 28.8 Å². The summed E-state index contributed by atoms with van der Waals surface area (Å²) in [5.41, 5.74) is 1.15. The van der Waals surface area contributed by atoms with Gasteiger partial charge in [-0.2, -0.15) is 0 Å². The lowest BCUT2D eigenvalue weighted by Gasteiger charge is -2.29. The predicted molar refractivity (Wildman–Crippen MR) is 99.3 cm³/mol. The van der Waals surface area contributed by atoms with E-state index in [9.17, 15) is 9.59 Å². The third-order valence-corrected chi connectivity index (χ3v) is 5.15. The van der Waals surface area contributed by atoms with Crippen LogP contribution >= 0.6 is 23.4 Å². The van der Waals surface area contributed by atoms with Gasteiger partial charge in [-0.15, -0.1) is 11.8 Å². The van der Waals surface area contributed by atoms with E-state index in [1.54, 1.807) is 12.1 Å². The van der Waals surface area contributed by atoms with Crippen LogP contribution in [0.25, 0.3) is 0 Å². The molecule has 1 aromatic carbocycles. The Bertz CT molecular complexity index is 822. The van der Waals surface area contributed by atoms with Crippen molar-refractivity contribution < 1.29 is 9.59 Å².